The quantitative estimate of drug-likeness (QED) is 0.745. The zero-order valence-corrected chi connectivity index (χ0v) is 11.4. The highest BCUT2D eigenvalue weighted by Gasteiger charge is 2.27. The second-order valence-electron chi connectivity index (χ2n) is 4.14. The van der Waals surface area contributed by atoms with Gasteiger partial charge in [0.25, 0.3) is 0 Å². The van der Waals surface area contributed by atoms with Crippen LogP contribution in [-0.2, 0) is 9.53 Å². The molecule has 0 saturated carbocycles. The fourth-order valence-corrected chi connectivity index (χ4v) is 1.78. The van der Waals surface area contributed by atoms with Gasteiger partial charge in [0.2, 0.25) is 11.7 Å². The third kappa shape index (κ3) is 3.17. The minimum absolute atomic E-state index is 0.263. The van der Waals surface area contributed by atoms with Crippen LogP contribution in [0.4, 0.5) is 0 Å². The molecule has 2 aromatic heterocycles. The van der Waals surface area contributed by atoms with E-state index in [9.17, 15) is 4.79 Å². The van der Waals surface area contributed by atoms with E-state index >= 15 is 0 Å². The first-order valence-electron chi connectivity index (χ1n) is 6.52. The first-order valence-corrected chi connectivity index (χ1v) is 6.52. The summed E-state index contributed by atoms with van der Waals surface area (Å²) in [6, 6.07) is 1.67. The second-order valence-corrected chi connectivity index (χ2v) is 4.14. The van der Waals surface area contributed by atoms with E-state index < -0.39 is 5.92 Å². The molecule has 0 amide bonds. The van der Waals surface area contributed by atoms with E-state index in [0.717, 1.165) is 6.42 Å². The van der Waals surface area contributed by atoms with Gasteiger partial charge in [-0.3, -0.25) is 4.79 Å². The lowest BCUT2D eigenvalue weighted by atomic mass is 10.0. The Labute approximate surface area is 116 Å². The van der Waals surface area contributed by atoms with Crippen molar-refractivity contribution >= 4 is 5.97 Å². The highest BCUT2D eigenvalue weighted by atomic mass is 16.5. The molecule has 106 valence electrons. The van der Waals surface area contributed by atoms with Gasteiger partial charge in [-0.05, 0) is 19.4 Å². The van der Waals surface area contributed by atoms with Gasteiger partial charge < -0.3 is 9.26 Å². The number of ether oxygens (including phenoxy) is 1. The lowest BCUT2D eigenvalue weighted by molar-refractivity contribution is -0.145. The van der Waals surface area contributed by atoms with Crippen LogP contribution in [0.15, 0.2) is 23.1 Å². The van der Waals surface area contributed by atoms with Crippen molar-refractivity contribution in [3.05, 3.63) is 24.5 Å². The minimum Gasteiger partial charge on any atom is -0.465 e. The first kappa shape index (κ1) is 14.1. The smallest absolute Gasteiger partial charge is 0.318 e. The van der Waals surface area contributed by atoms with E-state index in [2.05, 4.69) is 20.1 Å². The average molecular weight is 276 g/mol. The minimum atomic E-state index is -0.525. The molecule has 2 aromatic rings. The Kier molecular flexibility index (Phi) is 4.75. The molecule has 1 unspecified atom stereocenters. The molecule has 7 heteroatoms. The number of carbonyl (C=O) groups is 1. The third-order valence-corrected chi connectivity index (χ3v) is 2.70. The van der Waals surface area contributed by atoms with E-state index in [0.29, 0.717) is 24.5 Å². The summed E-state index contributed by atoms with van der Waals surface area (Å²) in [6.07, 6.45) is 4.41. The van der Waals surface area contributed by atoms with Crippen LogP contribution in [0, 0.1) is 0 Å². The molecule has 0 saturated heterocycles. The van der Waals surface area contributed by atoms with E-state index in [-0.39, 0.29) is 11.9 Å². The third-order valence-electron chi connectivity index (χ3n) is 2.70. The highest BCUT2D eigenvalue weighted by Crippen LogP contribution is 2.23. The van der Waals surface area contributed by atoms with Crippen LogP contribution in [0.2, 0.25) is 0 Å². The van der Waals surface area contributed by atoms with E-state index in [1.54, 1.807) is 19.2 Å². The van der Waals surface area contributed by atoms with Gasteiger partial charge in [-0.25, -0.2) is 9.97 Å². The maximum absolute atomic E-state index is 11.9. The molecule has 0 aromatic carbocycles. The van der Waals surface area contributed by atoms with Crippen LogP contribution in [0.5, 0.6) is 0 Å². The molecule has 0 radical (unpaired) electrons. The van der Waals surface area contributed by atoms with Crippen LogP contribution in [0.25, 0.3) is 11.5 Å². The second kappa shape index (κ2) is 6.74. The van der Waals surface area contributed by atoms with Gasteiger partial charge in [0.1, 0.15) is 17.9 Å². The number of esters is 1. The summed E-state index contributed by atoms with van der Waals surface area (Å²) in [7, 11) is 0. The largest absolute Gasteiger partial charge is 0.465 e. The van der Waals surface area contributed by atoms with Gasteiger partial charge >= 0.3 is 5.97 Å². The van der Waals surface area contributed by atoms with E-state index in [1.807, 2.05) is 6.92 Å². The molecule has 0 aliphatic carbocycles. The molecule has 0 N–H and O–H groups in total. The summed E-state index contributed by atoms with van der Waals surface area (Å²) in [6.45, 7) is 4.07. The predicted molar refractivity (Wildman–Crippen MR) is 69.6 cm³/mol. The van der Waals surface area contributed by atoms with Crippen molar-refractivity contribution in [2.75, 3.05) is 6.61 Å². The van der Waals surface area contributed by atoms with Crippen LogP contribution in [0.1, 0.15) is 38.5 Å². The summed E-state index contributed by atoms with van der Waals surface area (Å²) in [5.41, 5.74) is 0.550. The molecule has 0 aliphatic heterocycles. The Bertz CT molecular complexity index is 556. The topological polar surface area (TPSA) is 91.0 Å². The molecule has 0 aliphatic rings. The van der Waals surface area contributed by atoms with Gasteiger partial charge in [-0.15, -0.1) is 0 Å². The van der Waals surface area contributed by atoms with E-state index in [4.69, 9.17) is 9.26 Å². The fraction of sp³-hybridized carbons (Fsp3) is 0.462. The normalized spacial score (nSPS) is 12.1. The Morgan fingerprint density at radius 2 is 2.30 bits per heavy atom. The Hall–Kier alpha value is -2.31. The van der Waals surface area contributed by atoms with Crippen molar-refractivity contribution in [1.82, 2.24) is 20.1 Å². The molecular formula is C13H16N4O3. The van der Waals surface area contributed by atoms with Crippen molar-refractivity contribution in [3.63, 3.8) is 0 Å². The predicted octanol–water partition coefficient (Wildman–Crippen LogP) is 1.97. The number of rotatable bonds is 6. The van der Waals surface area contributed by atoms with Crippen molar-refractivity contribution < 1.29 is 14.1 Å². The maximum Gasteiger partial charge on any atom is 0.318 e. The maximum atomic E-state index is 11.9. The Morgan fingerprint density at radius 1 is 1.45 bits per heavy atom. The molecular weight excluding hydrogens is 260 g/mol. The van der Waals surface area contributed by atoms with Crippen LogP contribution in [0.3, 0.4) is 0 Å². The number of nitrogens with zero attached hydrogens (tertiary/aromatic N) is 4. The van der Waals surface area contributed by atoms with Gasteiger partial charge in [0.15, 0.2) is 0 Å². The molecule has 2 heterocycles. The SMILES string of the molecule is CCCC(C(=O)OCC)c1nc(-c2ccncn2)no1. The number of carbonyl (C=O) groups excluding carboxylic acids is 1. The van der Waals surface area contributed by atoms with Gasteiger partial charge in [0, 0.05) is 6.20 Å². The Balaban J connectivity index is 2.23. The summed E-state index contributed by atoms with van der Waals surface area (Å²) < 4.78 is 10.2. The first-order chi connectivity index (χ1) is 9.76. The summed E-state index contributed by atoms with van der Waals surface area (Å²) in [4.78, 5) is 24.0. The van der Waals surface area contributed by atoms with Crippen LogP contribution >= 0.6 is 0 Å². The Morgan fingerprint density at radius 3 is 2.95 bits per heavy atom. The molecule has 0 fully saturated rings. The average Bonchev–Trinajstić information content (AvgIpc) is 2.95. The van der Waals surface area contributed by atoms with Gasteiger partial charge in [0.05, 0.1) is 6.61 Å². The van der Waals surface area contributed by atoms with Crippen molar-refractivity contribution in [2.24, 2.45) is 0 Å². The zero-order valence-electron chi connectivity index (χ0n) is 11.4. The lowest BCUT2D eigenvalue weighted by Crippen LogP contribution is -2.16. The van der Waals surface area contributed by atoms with Crippen molar-refractivity contribution in [2.45, 2.75) is 32.6 Å². The molecule has 1 atom stereocenters. The van der Waals surface area contributed by atoms with Crippen LogP contribution in [-0.4, -0.2) is 32.7 Å². The molecule has 20 heavy (non-hydrogen) atoms. The standard InChI is InChI=1S/C13H16N4O3/c1-3-5-9(13(18)19-4-2)12-16-11(17-20-12)10-6-7-14-8-15-10/h6-9H,3-5H2,1-2H3. The highest BCUT2D eigenvalue weighted by molar-refractivity contribution is 5.76. The van der Waals surface area contributed by atoms with Crippen molar-refractivity contribution in [3.8, 4) is 11.5 Å². The summed E-state index contributed by atoms with van der Waals surface area (Å²) in [5.74, 6) is -0.262. The number of aromatic nitrogens is 4. The van der Waals surface area contributed by atoms with E-state index in [1.165, 1.54) is 6.33 Å². The fourth-order valence-electron chi connectivity index (χ4n) is 1.78. The molecule has 0 bridgehead atoms. The molecule has 7 nitrogen and oxygen atoms in total. The van der Waals surface area contributed by atoms with Crippen molar-refractivity contribution in [1.29, 1.82) is 0 Å². The summed E-state index contributed by atoms with van der Waals surface area (Å²) in [5, 5.41) is 3.85. The lowest BCUT2D eigenvalue weighted by Gasteiger charge is -2.09. The molecule has 2 rings (SSSR count). The monoisotopic (exact) mass is 276 g/mol. The summed E-state index contributed by atoms with van der Waals surface area (Å²) >= 11 is 0. The van der Waals surface area contributed by atoms with Gasteiger partial charge in [-0.2, -0.15) is 4.98 Å². The van der Waals surface area contributed by atoms with Gasteiger partial charge in [-0.1, -0.05) is 18.5 Å². The number of hydrogen-bond acceptors (Lipinski definition) is 7. The van der Waals surface area contributed by atoms with Crippen LogP contribution < -0.4 is 0 Å². The number of hydrogen-bond donors (Lipinski definition) is 0. The zero-order chi connectivity index (χ0) is 14.4. The molecule has 0 spiro atoms.